The molecular weight excluding hydrogens is 360 g/mol. The van der Waals surface area contributed by atoms with Gasteiger partial charge in [0.1, 0.15) is 0 Å². The number of hydrogen-bond donors (Lipinski definition) is 0. The Kier molecular flexibility index (Phi) is 5.47. The number of benzene rings is 2. The molecule has 5 nitrogen and oxygen atoms in total. The molecule has 0 bridgehead atoms. The topological polar surface area (TPSA) is 41.4 Å². The second kappa shape index (κ2) is 8.35. The van der Waals surface area contributed by atoms with Crippen LogP contribution in [0.15, 0.2) is 67.0 Å². The fourth-order valence-corrected chi connectivity index (χ4v) is 3.66. The number of aromatic nitrogens is 2. The van der Waals surface area contributed by atoms with Crippen LogP contribution in [0.5, 0.6) is 0 Å². The number of carbonyl (C=O) groups is 1. The highest BCUT2D eigenvalue weighted by Crippen LogP contribution is 2.24. The van der Waals surface area contributed by atoms with E-state index in [9.17, 15) is 4.79 Å². The van der Waals surface area contributed by atoms with Gasteiger partial charge in [-0.3, -0.25) is 4.79 Å². The van der Waals surface area contributed by atoms with Crippen LogP contribution in [0.2, 0.25) is 0 Å². The lowest BCUT2D eigenvalue weighted by molar-refractivity contribution is -0.126. The van der Waals surface area contributed by atoms with Crippen LogP contribution in [-0.4, -0.2) is 46.8 Å². The monoisotopic (exact) mass is 386 g/mol. The molecule has 2 heterocycles. The Balaban J connectivity index is 1.35. The third-order valence-corrected chi connectivity index (χ3v) is 5.55. The van der Waals surface area contributed by atoms with Gasteiger partial charge in [-0.1, -0.05) is 30.3 Å². The van der Waals surface area contributed by atoms with Crippen molar-refractivity contribution in [3.05, 3.63) is 83.7 Å². The smallest absolute Gasteiger partial charge is 0.246 e. The summed E-state index contributed by atoms with van der Waals surface area (Å²) in [6.07, 6.45) is 7.19. The maximum Gasteiger partial charge on any atom is 0.246 e. The number of carbonyl (C=O) groups excluding carboxylic acids is 1. The summed E-state index contributed by atoms with van der Waals surface area (Å²) in [4.78, 5) is 16.9. The zero-order valence-corrected chi connectivity index (χ0v) is 17.0. The van der Waals surface area contributed by atoms with Gasteiger partial charge in [-0.05, 0) is 49.2 Å². The van der Waals surface area contributed by atoms with Gasteiger partial charge in [0, 0.05) is 49.7 Å². The van der Waals surface area contributed by atoms with E-state index in [-0.39, 0.29) is 5.91 Å². The summed E-state index contributed by atoms with van der Waals surface area (Å²) >= 11 is 0. The van der Waals surface area contributed by atoms with Gasteiger partial charge in [-0.2, -0.15) is 5.10 Å². The van der Waals surface area contributed by atoms with E-state index >= 15 is 0 Å². The molecule has 1 fully saturated rings. The summed E-state index contributed by atoms with van der Waals surface area (Å²) in [5.41, 5.74) is 5.82. The van der Waals surface area contributed by atoms with Crippen molar-refractivity contribution < 1.29 is 4.79 Å². The van der Waals surface area contributed by atoms with Crippen molar-refractivity contribution in [2.24, 2.45) is 0 Å². The predicted octanol–water partition coefficient (Wildman–Crippen LogP) is 3.85. The molecule has 0 N–H and O–H groups in total. The minimum atomic E-state index is 0.0538. The van der Waals surface area contributed by atoms with Crippen molar-refractivity contribution >= 4 is 17.7 Å². The number of anilines is 1. The molecule has 5 heteroatoms. The molecule has 1 saturated heterocycles. The zero-order chi connectivity index (χ0) is 20.2. The quantitative estimate of drug-likeness (QED) is 0.640. The Bertz CT molecular complexity index is 1010. The first-order valence-electron chi connectivity index (χ1n) is 10.00. The number of piperazine rings is 1. The lowest BCUT2D eigenvalue weighted by Gasteiger charge is -2.36. The van der Waals surface area contributed by atoms with Crippen LogP contribution < -0.4 is 4.90 Å². The van der Waals surface area contributed by atoms with Crippen molar-refractivity contribution in [1.29, 1.82) is 0 Å². The van der Waals surface area contributed by atoms with Crippen LogP contribution in [-0.2, 0) is 4.79 Å². The van der Waals surface area contributed by atoms with Gasteiger partial charge in [-0.25, -0.2) is 4.68 Å². The first kappa shape index (κ1) is 19.0. The van der Waals surface area contributed by atoms with Crippen LogP contribution in [0.4, 0.5) is 5.69 Å². The standard InChI is InChI=1S/C24H26N4O/c1-19-7-6-10-23(20(19)2)26-13-15-27(16-14-26)24(29)12-11-21-17-25-28(18-21)22-8-4-3-5-9-22/h3-12,17-18H,13-16H2,1-2H3/b12-11+. The van der Waals surface area contributed by atoms with E-state index in [0.717, 1.165) is 37.4 Å². The summed E-state index contributed by atoms with van der Waals surface area (Å²) in [7, 11) is 0. The van der Waals surface area contributed by atoms with Gasteiger partial charge < -0.3 is 9.80 Å². The number of aryl methyl sites for hydroxylation is 1. The molecule has 0 saturated carbocycles. The minimum Gasteiger partial charge on any atom is -0.368 e. The lowest BCUT2D eigenvalue weighted by Crippen LogP contribution is -2.48. The van der Waals surface area contributed by atoms with Crippen LogP contribution >= 0.6 is 0 Å². The summed E-state index contributed by atoms with van der Waals surface area (Å²) in [5.74, 6) is 0.0538. The second-order valence-electron chi connectivity index (χ2n) is 7.42. The van der Waals surface area contributed by atoms with Gasteiger partial charge in [-0.15, -0.1) is 0 Å². The molecule has 1 amide bonds. The largest absolute Gasteiger partial charge is 0.368 e. The van der Waals surface area contributed by atoms with E-state index in [0.29, 0.717) is 0 Å². The molecule has 4 rings (SSSR count). The second-order valence-corrected chi connectivity index (χ2v) is 7.42. The highest BCUT2D eigenvalue weighted by Gasteiger charge is 2.21. The third-order valence-electron chi connectivity index (χ3n) is 5.55. The molecule has 3 aromatic rings. The molecule has 1 aliphatic rings. The molecule has 29 heavy (non-hydrogen) atoms. The van der Waals surface area contributed by atoms with E-state index < -0.39 is 0 Å². The number of hydrogen-bond acceptors (Lipinski definition) is 3. The Hall–Kier alpha value is -3.34. The summed E-state index contributed by atoms with van der Waals surface area (Å²) in [6.45, 7) is 7.50. The Morgan fingerprint density at radius 2 is 1.72 bits per heavy atom. The lowest BCUT2D eigenvalue weighted by atomic mass is 10.1. The normalized spacial score (nSPS) is 14.6. The number of para-hydroxylation sites is 1. The fraction of sp³-hybridized carbons (Fsp3) is 0.250. The highest BCUT2D eigenvalue weighted by atomic mass is 16.2. The number of rotatable bonds is 4. The molecule has 0 spiro atoms. The molecule has 0 radical (unpaired) electrons. The van der Waals surface area contributed by atoms with Gasteiger partial charge in [0.25, 0.3) is 0 Å². The first-order valence-corrected chi connectivity index (χ1v) is 10.00. The van der Waals surface area contributed by atoms with Crippen LogP contribution in [0.25, 0.3) is 11.8 Å². The average Bonchev–Trinajstić information content (AvgIpc) is 3.24. The third kappa shape index (κ3) is 4.24. The number of amides is 1. The van der Waals surface area contributed by atoms with E-state index in [1.807, 2.05) is 52.2 Å². The summed E-state index contributed by atoms with van der Waals surface area (Å²) in [6, 6.07) is 16.4. The summed E-state index contributed by atoms with van der Waals surface area (Å²) in [5, 5.41) is 4.37. The van der Waals surface area contributed by atoms with E-state index in [2.05, 4.69) is 42.0 Å². The molecule has 1 aromatic heterocycles. The fourth-order valence-electron chi connectivity index (χ4n) is 3.66. The molecule has 0 atom stereocenters. The maximum atomic E-state index is 12.6. The molecule has 0 aliphatic carbocycles. The first-order chi connectivity index (χ1) is 14.1. The molecule has 2 aromatic carbocycles. The van der Waals surface area contributed by atoms with Crippen molar-refractivity contribution in [2.75, 3.05) is 31.1 Å². The SMILES string of the molecule is Cc1cccc(N2CCN(C(=O)/C=C/c3cnn(-c4ccccc4)c3)CC2)c1C. The Labute approximate surface area is 171 Å². The van der Waals surface area contributed by atoms with Gasteiger partial charge in [0.15, 0.2) is 0 Å². The van der Waals surface area contributed by atoms with Crippen molar-refractivity contribution in [2.45, 2.75) is 13.8 Å². The van der Waals surface area contributed by atoms with E-state index in [1.165, 1.54) is 16.8 Å². The highest BCUT2D eigenvalue weighted by molar-refractivity contribution is 5.91. The van der Waals surface area contributed by atoms with Crippen LogP contribution in [0.1, 0.15) is 16.7 Å². The van der Waals surface area contributed by atoms with Crippen molar-refractivity contribution in [3.8, 4) is 5.69 Å². The van der Waals surface area contributed by atoms with Crippen LogP contribution in [0.3, 0.4) is 0 Å². The Morgan fingerprint density at radius 3 is 2.48 bits per heavy atom. The summed E-state index contributed by atoms with van der Waals surface area (Å²) < 4.78 is 1.81. The minimum absolute atomic E-state index is 0.0538. The van der Waals surface area contributed by atoms with Gasteiger partial charge >= 0.3 is 0 Å². The van der Waals surface area contributed by atoms with Crippen molar-refractivity contribution in [1.82, 2.24) is 14.7 Å². The zero-order valence-electron chi connectivity index (χ0n) is 17.0. The maximum absolute atomic E-state index is 12.6. The Morgan fingerprint density at radius 1 is 0.966 bits per heavy atom. The molecule has 148 valence electrons. The van der Waals surface area contributed by atoms with E-state index in [1.54, 1.807) is 12.3 Å². The van der Waals surface area contributed by atoms with Gasteiger partial charge in [0.2, 0.25) is 5.91 Å². The van der Waals surface area contributed by atoms with Gasteiger partial charge in [0.05, 0.1) is 11.9 Å². The average molecular weight is 386 g/mol. The predicted molar refractivity (Wildman–Crippen MR) is 117 cm³/mol. The molecule has 0 unspecified atom stereocenters. The van der Waals surface area contributed by atoms with Crippen LogP contribution in [0, 0.1) is 13.8 Å². The molecule has 1 aliphatic heterocycles. The van der Waals surface area contributed by atoms with Crippen molar-refractivity contribution in [3.63, 3.8) is 0 Å². The number of nitrogens with zero attached hydrogens (tertiary/aromatic N) is 4. The molecular formula is C24H26N4O. The van der Waals surface area contributed by atoms with E-state index in [4.69, 9.17) is 0 Å².